The molecule has 0 aliphatic rings. The Kier molecular flexibility index (Phi) is 5.64. The van der Waals surface area contributed by atoms with Crippen molar-refractivity contribution in [3.05, 3.63) is 87.8 Å². The van der Waals surface area contributed by atoms with Gasteiger partial charge in [0, 0.05) is 5.56 Å². The summed E-state index contributed by atoms with van der Waals surface area (Å²) < 4.78 is 10.9. The van der Waals surface area contributed by atoms with E-state index in [0.29, 0.717) is 40.3 Å². The summed E-state index contributed by atoms with van der Waals surface area (Å²) in [6.07, 6.45) is 1.57. The zero-order chi connectivity index (χ0) is 17.6. The van der Waals surface area contributed by atoms with Gasteiger partial charge in [-0.05, 0) is 48.0 Å². The van der Waals surface area contributed by atoms with Gasteiger partial charge in [-0.3, -0.25) is 4.79 Å². The van der Waals surface area contributed by atoms with E-state index >= 15 is 0 Å². The maximum Gasteiger partial charge on any atom is 0.251 e. The van der Waals surface area contributed by atoms with Crippen LogP contribution in [0.1, 0.15) is 21.7 Å². The highest BCUT2D eigenvalue weighted by atomic mass is 35.5. The SMILES string of the molecule is O=C(NCc1ccco1)c1cccc(OCc2ccc(Cl)c(Cl)c2)c1. The van der Waals surface area contributed by atoms with Gasteiger partial charge in [0.1, 0.15) is 18.1 Å². The van der Waals surface area contributed by atoms with Crippen molar-refractivity contribution in [1.82, 2.24) is 5.32 Å². The third-order valence-corrected chi connectivity index (χ3v) is 4.23. The van der Waals surface area contributed by atoms with Crippen molar-refractivity contribution >= 4 is 29.1 Å². The van der Waals surface area contributed by atoms with Crippen LogP contribution in [0.2, 0.25) is 10.0 Å². The highest BCUT2D eigenvalue weighted by Crippen LogP contribution is 2.23. The molecule has 0 atom stereocenters. The predicted molar refractivity (Wildman–Crippen MR) is 97.1 cm³/mol. The molecular weight excluding hydrogens is 361 g/mol. The largest absolute Gasteiger partial charge is 0.489 e. The Labute approximate surface area is 155 Å². The molecule has 0 aliphatic heterocycles. The van der Waals surface area contributed by atoms with Crippen LogP contribution in [0.25, 0.3) is 0 Å². The number of benzene rings is 2. The molecule has 3 aromatic rings. The number of hydrogen-bond acceptors (Lipinski definition) is 3. The van der Waals surface area contributed by atoms with Crippen molar-refractivity contribution in [3.8, 4) is 5.75 Å². The van der Waals surface area contributed by atoms with Crippen LogP contribution in [0, 0.1) is 0 Å². The lowest BCUT2D eigenvalue weighted by Crippen LogP contribution is -2.22. The second-order valence-corrected chi connectivity index (χ2v) is 6.14. The first-order chi connectivity index (χ1) is 12.1. The Morgan fingerprint density at radius 3 is 2.68 bits per heavy atom. The van der Waals surface area contributed by atoms with Crippen molar-refractivity contribution in [1.29, 1.82) is 0 Å². The van der Waals surface area contributed by atoms with Gasteiger partial charge in [-0.2, -0.15) is 0 Å². The summed E-state index contributed by atoms with van der Waals surface area (Å²) in [5.74, 6) is 1.09. The van der Waals surface area contributed by atoms with E-state index < -0.39 is 0 Å². The van der Waals surface area contributed by atoms with Gasteiger partial charge in [-0.25, -0.2) is 0 Å². The fraction of sp³-hybridized carbons (Fsp3) is 0.105. The zero-order valence-corrected chi connectivity index (χ0v) is 14.7. The molecule has 0 fully saturated rings. The van der Waals surface area contributed by atoms with Crippen LogP contribution in [0.3, 0.4) is 0 Å². The molecule has 1 N–H and O–H groups in total. The Morgan fingerprint density at radius 1 is 1.04 bits per heavy atom. The van der Waals surface area contributed by atoms with Gasteiger partial charge in [0.05, 0.1) is 22.9 Å². The van der Waals surface area contributed by atoms with Crippen LogP contribution in [0.15, 0.2) is 65.3 Å². The first-order valence-electron chi connectivity index (χ1n) is 7.59. The number of furan rings is 1. The minimum atomic E-state index is -0.198. The average Bonchev–Trinajstić information content (AvgIpc) is 3.14. The van der Waals surface area contributed by atoms with Crippen LogP contribution in [-0.2, 0) is 13.2 Å². The third-order valence-electron chi connectivity index (χ3n) is 3.49. The predicted octanol–water partition coefficient (Wildman–Crippen LogP) is 5.10. The van der Waals surface area contributed by atoms with Gasteiger partial charge in [-0.1, -0.05) is 35.3 Å². The summed E-state index contributed by atoms with van der Waals surface area (Å²) in [6, 6.07) is 15.9. The molecule has 0 bridgehead atoms. The molecular formula is C19H15Cl2NO3. The van der Waals surface area contributed by atoms with E-state index in [1.807, 2.05) is 6.07 Å². The highest BCUT2D eigenvalue weighted by molar-refractivity contribution is 6.42. The quantitative estimate of drug-likeness (QED) is 0.652. The fourth-order valence-electron chi connectivity index (χ4n) is 2.21. The Bertz CT molecular complexity index is 863. The third kappa shape index (κ3) is 4.78. The molecule has 1 aromatic heterocycles. The first-order valence-corrected chi connectivity index (χ1v) is 8.35. The molecule has 4 nitrogen and oxygen atoms in total. The highest BCUT2D eigenvalue weighted by Gasteiger charge is 2.08. The van der Waals surface area contributed by atoms with Crippen molar-refractivity contribution in [2.24, 2.45) is 0 Å². The Morgan fingerprint density at radius 2 is 1.92 bits per heavy atom. The molecule has 1 amide bonds. The summed E-state index contributed by atoms with van der Waals surface area (Å²) >= 11 is 11.9. The fourth-order valence-corrected chi connectivity index (χ4v) is 2.53. The van der Waals surface area contributed by atoms with Crippen LogP contribution >= 0.6 is 23.2 Å². The first kappa shape index (κ1) is 17.4. The molecule has 3 rings (SSSR count). The lowest BCUT2D eigenvalue weighted by Gasteiger charge is -2.09. The average molecular weight is 376 g/mol. The van der Waals surface area contributed by atoms with Crippen LogP contribution in [-0.4, -0.2) is 5.91 Å². The molecule has 0 aliphatic carbocycles. The van der Waals surface area contributed by atoms with Gasteiger partial charge >= 0.3 is 0 Å². The van der Waals surface area contributed by atoms with Crippen LogP contribution in [0.4, 0.5) is 0 Å². The summed E-state index contributed by atoms with van der Waals surface area (Å²) in [5.41, 5.74) is 1.40. The number of rotatable bonds is 6. The van der Waals surface area contributed by atoms with Crippen LogP contribution < -0.4 is 10.1 Å². The number of hydrogen-bond donors (Lipinski definition) is 1. The number of halogens is 2. The molecule has 25 heavy (non-hydrogen) atoms. The number of nitrogens with one attached hydrogen (secondary N) is 1. The monoisotopic (exact) mass is 375 g/mol. The molecule has 6 heteroatoms. The van der Waals surface area contributed by atoms with Crippen molar-refractivity contribution in [3.63, 3.8) is 0 Å². The van der Waals surface area contributed by atoms with E-state index in [2.05, 4.69) is 5.32 Å². The number of carbonyl (C=O) groups excluding carboxylic acids is 1. The lowest BCUT2D eigenvalue weighted by molar-refractivity contribution is 0.0947. The molecule has 128 valence electrons. The van der Waals surface area contributed by atoms with E-state index in [-0.39, 0.29) is 5.91 Å². The van der Waals surface area contributed by atoms with Crippen molar-refractivity contribution in [2.75, 3.05) is 0 Å². The molecule has 2 aromatic carbocycles. The Hall–Kier alpha value is -2.43. The van der Waals surface area contributed by atoms with E-state index in [4.69, 9.17) is 32.4 Å². The summed E-state index contributed by atoms with van der Waals surface area (Å²) in [5, 5.41) is 3.78. The number of ether oxygens (including phenoxy) is 1. The van der Waals surface area contributed by atoms with Crippen molar-refractivity contribution < 1.29 is 13.9 Å². The van der Waals surface area contributed by atoms with Gasteiger partial charge in [0.25, 0.3) is 5.91 Å². The van der Waals surface area contributed by atoms with Crippen molar-refractivity contribution in [2.45, 2.75) is 13.2 Å². The molecule has 0 radical (unpaired) electrons. The number of amides is 1. The molecule has 0 saturated heterocycles. The molecule has 0 spiro atoms. The van der Waals surface area contributed by atoms with Crippen LogP contribution in [0.5, 0.6) is 5.75 Å². The summed E-state index contributed by atoms with van der Waals surface area (Å²) in [7, 11) is 0. The normalized spacial score (nSPS) is 10.5. The minimum Gasteiger partial charge on any atom is -0.489 e. The van der Waals surface area contributed by atoms with E-state index in [9.17, 15) is 4.79 Å². The smallest absolute Gasteiger partial charge is 0.251 e. The standard InChI is InChI=1S/C19H15Cl2NO3/c20-17-7-6-13(9-18(17)21)12-25-15-4-1-3-14(10-15)19(23)22-11-16-5-2-8-24-16/h1-10H,11-12H2,(H,22,23). The summed E-state index contributed by atoms with van der Waals surface area (Å²) in [6.45, 7) is 0.661. The molecule has 0 unspecified atom stereocenters. The maximum absolute atomic E-state index is 12.2. The second-order valence-electron chi connectivity index (χ2n) is 5.33. The van der Waals surface area contributed by atoms with Gasteiger partial charge in [0.15, 0.2) is 0 Å². The topological polar surface area (TPSA) is 51.5 Å². The van der Waals surface area contributed by atoms with E-state index in [1.165, 1.54) is 0 Å². The zero-order valence-electron chi connectivity index (χ0n) is 13.2. The molecule has 1 heterocycles. The maximum atomic E-state index is 12.2. The lowest BCUT2D eigenvalue weighted by atomic mass is 10.2. The molecule has 0 saturated carbocycles. The summed E-state index contributed by atoms with van der Waals surface area (Å²) in [4.78, 5) is 12.2. The van der Waals surface area contributed by atoms with Gasteiger partial charge in [-0.15, -0.1) is 0 Å². The van der Waals surface area contributed by atoms with Gasteiger partial charge < -0.3 is 14.5 Å². The van der Waals surface area contributed by atoms with E-state index in [1.54, 1.807) is 54.8 Å². The Balaban J connectivity index is 1.60. The number of carbonyl (C=O) groups is 1. The van der Waals surface area contributed by atoms with Gasteiger partial charge in [0.2, 0.25) is 0 Å². The second kappa shape index (κ2) is 8.10. The minimum absolute atomic E-state index is 0.198. The van der Waals surface area contributed by atoms with E-state index in [0.717, 1.165) is 5.56 Å².